The monoisotopic (exact) mass is 252 g/mol. The Morgan fingerprint density at radius 2 is 2.25 bits per heavy atom. The fourth-order valence-corrected chi connectivity index (χ4v) is 2.70. The van der Waals surface area contributed by atoms with E-state index in [0.717, 1.165) is 0 Å². The highest BCUT2D eigenvalue weighted by molar-refractivity contribution is 7.87. The summed E-state index contributed by atoms with van der Waals surface area (Å²) in [4.78, 5) is 11.0. The zero-order valence-corrected chi connectivity index (χ0v) is 9.84. The van der Waals surface area contributed by atoms with E-state index >= 15 is 0 Å². The first-order valence-corrected chi connectivity index (χ1v) is 6.50. The third kappa shape index (κ3) is 3.14. The normalized spacial score (nSPS) is 25.8. The summed E-state index contributed by atoms with van der Waals surface area (Å²) in [6, 6.07) is 0. The zero-order chi connectivity index (χ0) is 12.2. The van der Waals surface area contributed by atoms with Gasteiger partial charge in [0.25, 0.3) is 10.2 Å². The molecule has 0 spiro atoms. The molecule has 0 amide bonds. The Kier molecular flexibility index (Phi) is 4.25. The van der Waals surface area contributed by atoms with E-state index in [1.165, 1.54) is 0 Å². The van der Waals surface area contributed by atoms with Gasteiger partial charge in [-0.25, -0.2) is 4.72 Å². The molecule has 1 atom stereocenters. The van der Waals surface area contributed by atoms with E-state index in [2.05, 4.69) is 9.44 Å². The Morgan fingerprint density at radius 1 is 1.56 bits per heavy atom. The van der Waals surface area contributed by atoms with Gasteiger partial charge in [0.15, 0.2) is 5.54 Å². The fraction of sp³-hybridized carbons (Fsp3) is 0.875. The smallest absolute Gasteiger partial charge is 0.327 e. The van der Waals surface area contributed by atoms with Gasteiger partial charge in [0.2, 0.25) is 0 Å². The van der Waals surface area contributed by atoms with Crippen molar-refractivity contribution in [2.75, 3.05) is 19.8 Å². The fourth-order valence-electron chi connectivity index (χ4n) is 1.39. The molecule has 0 aromatic rings. The molecule has 8 heteroatoms. The first kappa shape index (κ1) is 13.4. The van der Waals surface area contributed by atoms with E-state index in [1.807, 2.05) is 6.92 Å². The Hall–Kier alpha value is -0.700. The van der Waals surface area contributed by atoms with E-state index in [0.29, 0.717) is 6.42 Å². The summed E-state index contributed by atoms with van der Waals surface area (Å²) in [7, 11) is -3.79. The van der Waals surface area contributed by atoms with Gasteiger partial charge in [-0.2, -0.15) is 13.1 Å². The van der Waals surface area contributed by atoms with Gasteiger partial charge in [0, 0.05) is 19.6 Å². The third-order valence-corrected chi connectivity index (χ3v) is 3.55. The maximum atomic E-state index is 11.5. The van der Waals surface area contributed by atoms with Crippen molar-refractivity contribution in [3.63, 3.8) is 0 Å². The summed E-state index contributed by atoms with van der Waals surface area (Å²) in [6.07, 6.45) is 0.771. The molecular formula is C8H16N2O5S. The van der Waals surface area contributed by atoms with Crippen LogP contribution in [0.2, 0.25) is 0 Å². The molecule has 0 aromatic carbocycles. The van der Waals surface area contributed by atoms with Gasteiger partial charge < -0.3 is 9.84 Å². The van der Waals surface area contributed by atoms with Crippen LogP contribution in [-0.4, -0.2) is 44.8 Å². The van der Waals surface area contributed by atoms with Crippen LogP contribution >= 0.6 is 0 Å². The van der Waals surface area contributed by atoms with Crippen LogP contribution in [0.15, 0.2) is 0 Å². The lowest BCUT2D eigenvalue weighted by atomic mass is 10.0. The third-order valence-electron chi connectivity index (χ3n) is 2.30. The number of hydrogen-bond acceptors (Lipinski definition) is 4. The molecule has 1 heterocycles. The second-order valence-electron chi connectivity index (χ2n) is 3.69. The second kappa shape index (κ2) is 5.09. The predicted molar refractivity (Wildman–Crippen MR) is 56.2 cm³/mol. The standard InChI is InChI=1S/C8H16N2O5S/c1-2-4-9-16(13,14)10-8(7(11)12)3-5-15-6-8/h9-10H,2-6H2,1H3,(H,11,12). The molecule has 0 saturated carbocycles. The van der Waals surface area contributed by atoms with Crippen molar-refractivity contribution in [1.82, 2.24) is 9.44 Å². The van der Waals surface area contributed by atoms with Crippen LogP contribution in [0, 0.1) is 0 Å². The first-order chi connectivity index (χ1) is 7.42. The van der Waals surface area contributed by atoms with Gasteiger partial charge in [0.05, 0.1) is 6.61 Å². The van der Waals surface area contributed by atoms with Crippen LogP contribution in [0.4, 0.5) is 0 Å². The van der Waals surface area contributed by atoms with E-state index in [9.17, 15) is 13.2 Å². The predicted octanol–water partition coefficient (Wildman–Crippen LogP) is -0.936. The summed E-state index contributed by atoms with van der Waals surface area (Å²) < 4.78 is 32.4. The quantitative estimate of drug-likeness (QED) is 0.566. The molecule has 1 aliphatic heterocycles. The van der Waals surface area contributed by atoms with E-state index in [1.54, 1.807) is 0 Å². The molecule has 1 aliphatic rings. The van der Waals surface area contributed by atoms with Crippen LogP contribution in [-0.2, 0) is 19.7 Å². The number of rotatable bonds is 6. The Morgan fingerprint density at radius 3 is 2.69 bits per heavy atom. The highest BCUT2D eigenvalue weighted by atomic mass is 32.2. The maximum Gasteiger partial charge on any atom is 0.327 e. The molecule has 1 rings (SSSR count). The SMILES string of the molecule is CCCNS(=O)(=O)NC1(C(=O)O)CCOC1. The molecule has 3 N–H and O–H groups in total. The molecule has 0 aromatic heterocycles. The maximum absolute atomic E-state index is 11.5. The van der Waals surface area contributed by atoms with Crippen LogP contribution in [0.5, 0.6) is 0 Å². The van der Waals surface area contributed by atoms with Crippen molar-refractivity contribution in [1.29, 1.82) is 0 Å². The lowest BCUT2D eigenvalue weighted by Crippen LogP contribution is -2.57. The molecule has 1 fully saturated rings. The van der Waals surface area contributed by atoms with Crippen LogP contribution in [0.3, 0.4) is 0 Å². The molecule has 0 aliphatic carbocycles. The minimum Gasteiger partial charge on any atom is -0.480 e. The summed E-state index contributed by atoms with van der Waals surface area (Å²) in [5, 5.41) is 9.02. The highest BCUT2D eigenvalue weighted by Gasteiger charge is 2.45. The molecular weight excluding hydrogens is 236 g/mol. The molecule has 7 nitrogen and oxygen atoms in total. The first-order valence-electron chi connectivity index (χ1n) is 5.01. The summed E-state index contributed by atoms with van der Waals surface area (Å²) in [5.74, 6) is -1.22. The number of carbonyl (C=O) groups is 1. The number of aliphatic carboxylic acids is 1. The van der Waals surface area contributed by atoms with Crippen molar-refractivity contribution >= 4 is 16.2 Å². The van der Waals surface area contributed by atoms with Crippen LogP contribution in [0.25, 0.3) is 0 Å². The highest BCUT2D eigenvalue weighted by Crippen LogP contribution is 2.19. The number of carboxylic acid groups (broad SMARTS) is 1. The van der Waals surface area contributed by atoms with E-state index in [-0.39, 0.29) is 26.2 Å². The summed E-state index contributed by atoms with van der Waals surface area (Å²) >= 11 is 0. The Bertz CT molecular complexity index is 347. The van der Waals surface area contributed by atoms with E-state index < -0.39 is 21.7 Å². The van der Waals surface area contributed by atoms with Gasteiger partial charge in [0.1, 0.15) is 0 Å². The largest absolute Gasteiger partial charge is 0.480 e. The molecule has 94 valence electrons. The van der Waals surface area contributed by atoms with Crippen molar-refractivity contribution in [3.05, 3.63) is 0 Å². The van der Waals surface area contributed by atoms with Crippen molar-refractivity contribution in [2.45, 2.75) is 25.3 Å². The van der Waals surface area contributed by atoms with Crippen LogP contribution in [0.1, 0.15) is 19.8 Å². The molecule has 0 radical (unpaired) electrons. The number of nitrogens with one attached hydrogen (secondary N) is 2. The second-order valence-corrected chi connectivity index (χ2v) is 5.19. The van der Waals surface area contributed by atoms with Crippen molar-refractivity contribution < 1.29 is 23.1 Å². The molecule has 0 bridgehead atoms. The van der Waals surface area contributed by atoms with Crippen molar-refractivity contribution in [3.8, 4) is 0 Å². The molecule has 16 heavy (non-hydrogen) atoms. The zero-order valence-electron chi connectivity index (χ0n) is 9.02. The number of hydrogen-bond donors (Lipinski definition) is 3. The van der Waals surface area contributed by atoms with Gasteiger partial charge >= 0.3 is 5.97 Å². The molecule has 1 saturated heterocycles. The number of carboxylic acids is 1. The minimum atomic E-state index is -3.79. The molecule has 1 unspecified atom stereocenters. The van der Waals surface area contributed by atoms with Crippen LogP contribution < -0.4 is 9.44 Å². The number of ether oxygens (including phenoxy) is 1. The lowest BCUT2D eigenvalue weighted by Gasteiger charge is -2.23. The summed E-state index contributed by atoms with van der Waals surface area (Å²) in [6.45, 7) is 2.18. The Balaban J connectivity index is 2.72. The van der Waals surface area contributed by atoms with Gasteiger partial charge in [-0.05, 0) is 6.42 Å². The summed E-state index contributed by atoms with van der Waals surface area (Å²) in [5.41, 5.74) is -1.53. The van der Waals surface area contributed by atoms with Gasteiger partial charge in [-0.15, -0.1) is 0 Å². The lowest BCUT2D eigenvalue weighted by molar-refractivity contribution is -0.144. The minimum absolute atomic E-state index is 0.134. The topological polar surface area (TPSA) is 105 Å². The average molecular weight is 252 g/mol. The van der Waals surface area contributed by atoms with Gasteiger partial charge in [-0.1, -0.05) is 6.92 Å². The van der Waals surface area contributed by atoms with Gasteiger partial charge in [-0.3, -0.25) is 4.79 Å². The van der Waals surface area contributed by atoms with Crippen molar-refractivity contribution in [2.24, 2.45) is 0 Å². The Labute approximate surface area is 94.4 Å². The van der Waals surface area contributed by atoms with E-state index in [4.69, 9.17) is 9.84 Å². The average Bonchev–Trinajstić information content (AvgIpc) is 2.64.